The molecule has 130 valence electrons. The molecule has 0 unspecified atom stereocenters. The van der Waals surface area contributed by atoms with Crippen LogP contribution in [0.5, 0.6) is 11.5 Å². The van der Waals surface area contributed by atoms with Gasteiger partial charge in [0.1, 0.15) is 13.2 Å². The lowest BCUT2D eigenvalue weighted by molar-refractivity contribution is -0.121. The first kappa shape index (κ1) is 16.3. The summed E-state index contributed by atoms with van der Waals surface area (Å²) >= 11 is 5.97. The minimum atomic E-state index is 0.0172. The summed E-state index contributed by atoms with van der Waals surface area (Å²) in [5.74, 6) is 1.99. The number of rotatable bonds is 5. The van der Waals surface area contributed by atoms with Crippen LogP contribution in [-0.4, -0.2) is 19.1 Å². The molecule has 2 aliphatic rings. The molecule has 1 amide bonds. The maximum atomic E-state index is 12.6. The van der Waals surface area contributed by atoms with Gasteiger partial charge in [0.15, 0.2) is 11.5 Å². The van der Waals surface area contributed by atoms with E-state index in [-0.39, 0.29) is 11.9 Å². The Morgan fingerprint density at radius 1 is 1.08 bits per heavy atom. The normalized spacial score (nSPS) is 17.0. The number of carbonyl (C=O) groups is 1. The summed E-state index contributed by atoms with van der Waals surface area (Å²) < 4.78 is 11.1. The molecule has 1 N–H and O–H groups in total. The fourth-order valence-electron chi connectivity index (χ4n) is 3.18. The average molecular weight is 358 g/mol. The van der Waals surface area contributed by atoms with E-state index >= 15 is 0 Å². The molecule has 4 rings (SSSR count). The first-order valence-electron chi connectivity index (χ1n) is 8.62. The van der Waals surface area contributed by atoms with Crippen molar-refractivity contribution in [1.82, 2.24) is 5.32 Å². The van der Waals surface area contributed by atoms with Crippen LogP contribution in [-0.2, 0) is 11.2 Å². The van der Waals surface area contributed by atoms with Gasteiger partial charge in [-0.05, 0) is 54.2 Å². The highest BCUT2D eigenvalue weighted by Gasteiger charge is 2.33. The van der Waals surface area contributed by atoms with Gasteiger partial charge < -0.3 is 14.8 Å². The molecule has 1 atom stereocenters. The molecule has 2 aromatic carbocycles. The van der Waals surface area contributed by atoms with Crippen LogP contribution in [0.25, 0.3) is 0 Å². The zero-order valence-corrected chi connectivity index (χ0v) is 14.6. The molecule has 2 aromatic rings. The summed E-state index contributed by atoms with van der Waals surface area (Å²) in [4.78, 5) is 12.6. The van der Waals surface area contributed by atoms with Crippen molar-refractivity contribution >= 4 is 17.5 Å². The van der Waals surface area contributed by atoms with Crippen LogP contribution in [0.4, 0.5) is 0 Å². The van der Waals surface area contributed by atoms with Gasteiger partial charge in [0, 0.05) is 5.02 Å². The fourth-order valence-corrected chi connectivity index (χ4v) is 3.31. The number of nitrogens with one attached hydrogen (secondary N) is 1. The molecule has 0 radical (unpaired) electrons. The molecule has 4 nitrogen and oxygen atoms in total. The van der Waals surface area contributed by atoms with Crippen LogP contribution in [0.3, 0.4) is 0 Å². The maximum absolute atomic E-state index is 12.6. The highest BCUT2D eigenvalue weighted by Crippen LogP contribution is 2.41. The Labute approximate surface area is 152 Å². The SMILES string of the molecule is O=C(Cc1ccc2c(c1)OCCO2)N[C@H](c1ccc(Cl)cc1)C1CC1. The molecular weight excluding hydrogens is 338 g/mol. The van der Waals surface area contributed by atoms with Crippen molar-refractivity contribution in [3.63, 3.8) is 0 Å². The third kappa shape index (κ3) is 3.90. The van der Waals surface area contributed by atoms with Crippen LogP contribution in [0.15, 0.2) is 42.5 Å². The minimum absolute atomic E-state index is 0.0172. The van der Waals surface area contributed by atoms with Crippen molar-refractivity contribution in [2.45, 2.75) is 25.3 Å². The molecule has 5 heteroatoms. The lowest BCUT2D eigenvalue weighted by Gasteiger charge is -2.20. The Morgan fingerprint density at radius 3 is 2.52 bits per heavy atom. The molecule has 25 heavy (non-hydrogen) atoms. The van der Waals surface area contributed by atoms with E-state index in [1.54, 1.807) is 0 Å². The van der Waals surface area contributed by atoms with E-state index < -0.39 is 0 Å². The lowest BCUT2D eigenvalue weighted by atomic mass is 10.0. The summed E-state index contributed by atoms with van der Waals surface area (Å²) in [7, 11) is 0. The lowest BCUT2D eigenvalue weighted by Crippen LogP contribution is -2.31. The zero-order valence-electron chi connectivity index (χ0n) is 13.8. The van der Waals surface area contributed by atoms with Gasteiger partial charge >= 0.3 is 0 Å². The molecule has 1 fully saturated rings. The Bertz CT molecular complexity index is 771. The Balaban J connectivity index is 1.44. The molecule has 1 heterocycles. The second-order valence-electron chi connectivity index (χ2n) is 6.59. The van der Waals surface area contributed by atoms with Gasteiger partial charge in [-0.1, -0.05) is 29.8 Å². The molecular formula is C20H20ClNO3. The van der Waals surface area contributed by atoms with Crippen molar-refractivity contribution in [3.05, 3.63) is 58.6 Å². The predicted octanol–water partition coefficient (Wildman–Crippen LogP) is 3.92. The topological polar surface area (TPSA) is 47.6 Å². The molecule has 1 aliphatic heterocycles. The second kappa shape index (κ2) is 6.96. The first-order chi connectivity index (χ1) is 12.2. The number of hydrogen-bond acceptors (Lipinski definition) is 3. The number of fused-ring (bicyclic) bond motifs is 1. The van der Waals surface area contributed by atoms with E-state index in [0.717, 1.165) is 29.7 Å². The summed E-state index contributed by atoms with van der Waals surface area (Å²) in [6.07, 6.45) is 2.63. The maximum Gasteiger partial charge on any atom is 0.224 e. The molecule has 0 bridgehead atoms. The highest BCUT2D eigenvalue weighted by molar-refractivity contribution is 6.30. The third-order valence-electron chi connectivity index (χ3n) is 4.61. The van der Waals surface area contributed by atoms with Gasteiger partial charge in [-0.15, -0.1) is 0 Å². The Kier molecular flexibility index (Phi) is 4.53. The van der Waals surface area contributed by atoms with Crippen LogP contribution in [0, 0.1) is 5.92 Å². The predicted molar refractivity (Wildman–Crippen MR) is 96.2 cm³/mol. The van der Waals surface area contributed by atoms with Gasteiger partial charge in [-0.25, -0.2) is 0 Å². The number of halogens is 1. The molecule has 0 spiro atoms. The Hall–Kier alpha value is -2.20. The van der Waals surface area contributed by atoms with Crippen molar-refractivity contribution in [1.29, 1.82) is 0 Å². The smallest absolute Gasteiger partial charge is 0.224 e. The molecule has 1 saturated carbocycles. The van der Waals surface area contributed by atoms with Crippen LogP contribution in [0.1, 0.15) is 30.0 Å². The first-order valence-corrected chi connectivity index (χ1v) is 9.00. The van der Waals surface area contributed by atoms with Crippen molar-refractivity contribution in [2.75, 3.05) is 13.2 Å². The van der Waals surface area contributed by atoms with Gasteiger partial charge in [-0.3, -0.25) is 4.79 Å². The van der Waals surface area contributed by atoms with Gasteiger partial charge in [0.05, 0.1) is 12.5 Å². The van der Waals surface area contributed by atoms with Crippen LogP contribution < -0.4 is 14.8 Å². The largest absolute Gasteiger partial charge is 0.486 e. The van der Waals surface area contributed by atoms with Crippen molar-refractivity contribution in [3.8, 4) is 11.5 Å². The summed E-state index contributed by atoms with van der Waals surface area (Å²) in [6, 6.07) is 13.5. The highest BCUT2D eigenvalue weighted by atomic mass is 35.5. The molecule has 0 saturated heterocycles. The second-order valence-corrected chi connectivity index (χ2v) is 7.03. The van der Waals surface area contributed by atoms with Crippen molar-refractivity contribution < 1.29 is 14.3 Å². The standard InChI is InChI=1S/C20H20ClNO3/c21-16-6-4-15(5-7-16)20(14-2-3-14)22-19(23)12-13-1-8-17-18(11-13)25-10-9-24-17/h1,4-8,11,14,20H,2-3,9-10,12H2,(H,22,23)/t20-/m0/s1. The summed E-state index contributed by atoms with van der Waals surface area (Å²) in [5, 5.41) is 3.90. The minimum Gasteiger partial charge on any atom is -0.486 e. The van der Waals surface area contributed by atoms with Gasteiger partial charge in [-0.2, -0.15) is 0 Å². The molecule has 0 aromatic heterocycles. The average Bonchev–Trinajstić information content (AvgIpc) is 3.45. The van der Waals surface area contributed by atoms with E-state index in [2.05, 4.69) is 5.32 Å². The van der Waals surface area contributed by atoms with E-state index in [4.69, 9.17) is 21.1 Å². The third-order valence-corrected chi connectivity index (χ3v) is 4.86. The van der Waals surface area contributed by atoms with E-state index in [1.807, 2.05) is 42.5 Å². The van der Waals surface area contributed by atoms with E-state index in [9.17, 15) is 4.79 Å². The van der Waals surface area contributed by atoms with Gasteiger partial charge in [0.2, 0.25) is 5.91 Å². The number of ether oxygens (including phenoxy) is 2. The van der Waals surface area contributed by atoms with E-state index in [1.165, 1.54) is 0 Å². The molecule has 1 aliphatic carbocycles. The fraction of sp³-hybridized carbons (Fsp3) is 0.350. The quantitative estimate of drug-likeness (QED) is 0.882. The Morgan fingerprint density at radius 2 is 1.80 bits per heavy atom. The number of amides is 1. The number of hydrogen-bond donors (Lipinski definition) is 1. The number of benzene rings is 2. The number of carbonyl (C=O) groups excluding carboxylic acids is 1. The van der Waals surface area contributed by atoms with Crippen molar-refractivity contribution in [2.24, 2.45) is 5.92 Å². The van der Waals surface area contributed by atoms with Crippen LogP contribution in [0.2, 0.25) is 5.02 Å². The summed E-state index contributed by atoms with van der Waals surface area (Å²) in [6.45, 7) is 1.11. The van der Waals surface area contributed by atoms with Crippen LogP contribution >= 0.6 is 11.6 Å². The summed E-state index contributed by atoms with van der Waals surface area (Å²) in [5.41, 5.74) is 2.04. The van der Waals surface area contributed by atoms with E-state index in [0.29, 0.717) is 36.3 Å². The zero-order chi connectivity index (χ0) is 17.2. The monoisotopic (exact) mass is 357 g/mol. The van der Waals surface area contributed by atoms with Gasteiger partial charge in [0.25, 0.3) is 0 Å².